The van der Waals surface area contributed by atoms with Crippen LogP contribution in [-0.4, -0.2) is 36.2 Å². The molecule has 0 saturated carbocycles. The second-order valence-electron chi connectivity index (χ2n) is 8.61. The van der Waals surface area contributed by atoms with Crippen molar-refractivity contribution in [3.8, 4) is 5.75 Å². The van der Waals surface area contributed by atoms with E-state index in [1.165, 1.54) is 17.3 Å². The van der Waals surface area contributed by atoms with E-state index in [2.05, 4.69) is 49.1 Å². The molecular weight excluding hydrogens is 486 g/mol. The lowest BCUT2D eigenvalue weighted by atomic mass is 10.1. The number of thioether (sulfide) groups is 2. The number of fused-ring (bicyclic) bond motifs is 1. The number of hydrogen-bond donors (Lipinski definition) is 0. The molecule has 2 heterocycles. The standard InChI is InChI=1S/C29H29N3O2S2/c1-4-31-24-19-23(34-3)15-16-25(24)35-28(31)26-27(33)32(18-17-21-11-7-5-8-12-21)29(36-26)30-20(2)22-13-9-6-10-14-22/h5-16,19-20H,4,17-18H2,1-3H3/b28-26-,30-29?/t20-/m1/s1. The Morgan fingerprint density at radius 1 is 0.944 bits per heavy atom. The van der Waals surface area contributed by atoms with Crippen LogP contribution in [0.1, 0.15) is 31.0 Å². The molecule has 184 valence electrons. The summed E-state index contributed by atoms with van der Waals surface area (Å²) in [7, 11) is 1.68. The maximum Gasteiger partial charge on any atom is 0.269 e. The van der Waals surface area contributed by atoms with Crippen LogP contribution in [0.5, 0.6) is 5.75 Å². The van der Waals surface area contributed by atoms with Gasteiger partial charge in [0, 0.05) is 24.1 Å². The summed E-state index contributed by atoms with van der Waals surface area (Å²) in [5.74, 6) is 0.837. The molecule has 0 aliphatic carbocycles. The first-order valence-corrected chi connectivity index (χ1v) is 13.8. The van der Waals surface area contributed by atoms with Crippen molar-refractivity contribution in [2.45, 2.75) is 31.2 Å². The van der Waals surface area contributed by atoms with Gasteiger partial charge in [-0.25, -0.2) is 0 Å². The molecule has 36 heavy (non-hydrogen) atoms. The fourth-order valence-electron chi connectivity index (χ4n) is 4.36. The Hall–Kier alpha value is -3.16. The third-order valence-electron chi connectivity index (χ3n) is 6.34. The molecular formula is C29H29N3O2S2. The topological polar surface area (TPSA) is 45.1 Å². The number of hydrogen-bond acceptors (Lipinski definition) is 6. The van der Waals surface area contributed by atoms with Crippen LogP contribution in [0, 0.1) is 0 Å². The van der Waals surface area contributed by atoms with Gasteiger partial charge in [0.05, 0.1) is 18.8 Å². The SMILES string of the molecule is CCN1/C(=C2/SC(=N[C@H](C)c3ccccc3)N(CCc3ccccc3)C2=O)Sc2ccc(OC)cc21. The van der Waals surface area contributed by atoms with E-state index in [0.717, 1.165) is 50.0 Å². The monoisotopic (exact) mass is 515 g/mol. The second kappa shape index (κ2) is 10.8. The highest BCUT2D eigenvalue weighted by molar-refractivity contribution is 8.19. The highest BCUT2D eigenvalue weighted by atomic mass is 32.2. The quantitative estimate of drug-likeness (QED) is 0.327. The van der Waals surface area contributed by atoms with E-state index in [1.54, 1.807) is 18.9 Å². The van der Waals surface area contributed by atoms with Gasteiger partial charge in [0.25, 0.3) is 5.91 Å². The highest BCUT2D eigenvalue weighted by Crippen LogP contribution is 2.51. The van der Waals surface area contributed by atoms with Gasteiger partial charge < -0.3 is 9.64 Å². The Morgan fingerprint density at radius 3 is 2.36 bits per heavy atom. The smallest absolute Gasteiger partial charge is 0.269 e. The van der Waals surface area contributed by atoms with Gasteiger partial charge >= 0.3 is 0 Å². The molecule has 0 unspecified atom stereocenters. The molecule has 0 radical (unpaired) electrons. The fraction of sp³-hybridized carbons (Fsp3) is 0.241. The van der Waals surface area contributed by atoms with Crippen molar-refractivity contribution in [1.82, 2.24) is 4.90 Å². The predicted octanol–water partition coefficient (Wildman–Crippen LogP) is 6.73. The van der Waals surface area contributed by atoms with Gasteiger partial charge in [-0.15, -0.1) is 0 Å². The minimum Gasteiger partial charge on any atom is -0.497 e. The number of aliphatic imine (C=N–C) groups is 1. The molecule has 3 aromatic rings. The van der Waals surface area contributed by atoms with E-state index in [-0.39, 0.29) is 11.9 Å². The Morgan fingerprint density at radius 2 is 1.67 bits per heavy atom. The van der Waals surface area contributed by atoms with E-state index < -0.39 is 0 Å². The number of methoxy groups -OCH3 is 1. The molecule has 0 bridgehead atoms. The van der Waals surface area contributed by atoms with Crippen molar-refractivity contribution in [1.29, 1.82) is 0 Å². The van der Waals surface area contributed by atoms with Gasteiger partial charge in [0.2, 0.25) is 0 Å². The van der Waals surface area contributed by atoms with Crippen LogP contribution < -0.4 is 9.64 Å². The van der Waals surface area contributed by atoms with Crippen LogP contribution in [0.15, 0.2) is 98.7 Å². The van der Waals surface area contributed by atoms with Crippen LogP contribution >= 0.6 is 23.5 Å². The zero-order chi connectivity index (χ0) is 25.1. The molecule has 1 fully saturated rings. The third kappa shape index (κ3) is 4.90. The van der Waals surface area contributed by atoms with Gasteiger partial charge in [-0.2, -0.15) is 0 Å². The number of anilines is 1. The van der Waals surface area contributed by atoms with Gasteiger partial charge in [0.1, 0.15) is 15.7 Å². The molecule has 1 saturated heterocycles. The Labute approximate surface area is 221 Å². The van der Waals surface area contributed by atoms with Crippen LogP contribution in [0.25, 0.3) is 0 Å². The minimum atomic E-state index is -0.0509. The van der Waals surface area contributed by atoms with E-state index >= 15 is 0 Å². The lowest BCUT2D eigenvalue weighted by Gasteiger charge is -2.20. The second-order valence-corrected chi connectivity index (χ2v) is 10.6. The number of carbonyl (C=O) groups is 1. The van der Waals surface area contributed by atoms with Crippen LogP contribution in [0.2, 0.25) is 0 Å². The largest absolute Gasteiger partial charge is 0.497 e. The van der Waals surface area contributed by atoms with Crippen molar-refractivity contribution in [2.24, 2.45) is 4.99 Å². The molecule has 1 atom stereocenters. The zero-order valence-corrected chi connectivity index (χ0v) is 22.3. The number of benzene rings is 3. The first-order chi connectivity index (χ1) is 17.6. The average Bonchev–Trinajstić information content (AvgIpc) is 3.44. The number of nitrogens with zero attached hydrogens (tertiary/aromatic N) is 3. The summed E-state index contributed by atoms with van der Waals surface area (Å²) < 4.78 is 5.46. The fourth-order valence-corrected chi connectivity index (χ4v) is 6.82. The molecule has 1 amide bonds. The van der Waals surface area contributed by atoms with Gasteiger partial charge in [-0.1, -0.05) is 72.4 Å². The summed E-state index contributed by atoms with van der Waals surface area (Å²) in [6, 6.07) is 26.6. The first-order valence-electron chi connectivity index (χ1n) is 12.1. The summed E-state index contributed by atoms with van der Waals surface area (Å²) in [6.45, 7) is 5.54. The van der Waals surface area contributed by atoms with Gasteiger partial charge in [0.15, 0.2) is 5.17 Å². The van der Waals surface area contributed by atoms with Crippen LogP contribution in [0.3, 0.4) is 0 Å². The molecule has 2 aliphatic heterocycles. The van der Waals surface area contributed by atoms with Gasteiger partial charge in [-0.3, -0.25) is 14.7 Å². The molecule has 7 heteroatoms. The van der Waals surface area contributed by atoms with Crippen LogP contribution in [0.4, 0.5) is 5.69 Å². The minimum absolute atomic E-state index is 0.0238. The molecule has 5 nitrogen and oxygen atoms in total. The number of ether oxygens (including phenoxy) is 1. The van der Waals surface area contributed by atoms with Crippen LogP contribution in [-0.2, 0) is 11.2 Å². The van der Waals surface area contributed by atoms with Crippen molar-refractivity contribution in [3.05, 3.63) is 99.9 Å². The summed E-state index contributed by atoms with van der Waals surface area (Å²) in [4.78, 5) is 24.9. The third-order valence-corrected chi connectivity index (χ3v) is 8.73. The summed E-state index contributed by atoms with van der Waals surface area (Å²) in [6.07, 6.45) is 0.774. The number of amidine groups is 1. The maximum atomic E-state index is 13.9. The van der Waals surface area contributed by atoms with E-state index in [9.17, 15) is 4.79 Å². The van der Waals surface area contributed by atoms with E-state index in [4.69, 9.17) is 9.73 Å². The predicted molar refractivity (Wildman–Crippen MR) is 151 cm³/mol. The molecule has 0 aromatic heterocycles. The van der Waals surface area contributed by atoms with Crippen molar-refractivity contribution in [2.75, 3.05) is 25.1 Å². The van der Waals surface area contributed by atoms with E-state index in [1.807, 2.05) is 53.4 Å². The molecule has 0 N–H and O–H groups in total. The molecule has 2 aliphatic rings. The first kappa shape index (κ1) is 24.5. The van der Waals surface area contributed by atoms with Crippen molar-refractivity contribution >= 4 is 40.3 Å². The average molecular weight is 516 g/mol. The van der Waals surface area contributed by atoms with E-state index in [0.29, 0.717) is 6.54 Å². The Balaban J connectivity index is 1.50. The van der Waals surface area contributed by atoms with Gasteiger partial charge in [-0.05, 0) is 55.3 Å². The lowest BCUT2D eigenvalue weighted by molar-refractivity contribution is -0.122. The number of carbonyl (C=O) groups excluding carboxylic acids is 1. The Bertz CT molecular complexity index is 1310. The maximum absolute atomic E-state index is 13.9. The summed E-state index contributed by atoms with van der Waals surface area (Å²) in [5.41, 5.74) is 3.42. The Kier molecular flexibility index (Phi) is 7.39. The summed E-state index contributed by atoms with van der Waals surface area (Å²) >= 11 is 3.14. The molecule has 0 spiro atoms. The molecule has 3 aromatic carbocycles. The number of amides is 1. The summed E-state index contributed by atoms with van der Waals surface area (Å²) in [5, 5.41) is 1.73. The molecule has 5 rings (SSSR count). The number of rotatable bonds is 7. The van der Waals surface area contributed by atoms with Crippen molar-refractivity contribution < 1.29 is 9.53 Å². The zero-order valence-electron chi connectivity index (χ0n) is 20.7. The normalized spacial score (nSPS) is 19.2. The lowest BCUT2D eigenvalue weighted by Crippen LogP contribution is -2.32. The highest BCUT2D eigenvalue weighted by Gasteiger charge is 2.39. The van der Waals surface area contributed by atoms with Crippen molar-refractivity contribution in [3.63, 3.8) is 0 Å².